The number of halogens is 1. The Labute approximate surface area is 125 Å². The van der Waals surface area contributed by atoms with Crippen molar-refractivity contribution in [1.82, 2.24) is 5.43 Å². The van der Waals surface area contributed by atoms with E-state index in [0.29, 0.717) is 6.04 Å². The van der Waals surface area contributed by atoms with Crippen LogP contribution in [0.2, 0.25) is 5.02 Å². The van der Waals surface area contributed by atoms with Crippen LogP contribution in [0.25, 0.3) is 0 Å². The van der Waals surface area contributed by atoms with Gasteiger partial charge in [0.1, 0.15) is 0 Å². The second-order valence-electron chi connectivity index (χ2n) is 5.37. The van der Waals surface area contributed by atoms with Crippen LogP contribution in [-0.2, 0) is 0 Å². The number of thioether (sulfide) groups is 1. The maximum atomic E-state index is 6.00. The number of hydrazine groups is 1. The molecule has 1 atom stereocenters. The summed E-state index contributed by atoms with van der Waals surface area (Å²) in [5.41, 5.74) is 2.98. The third kappa shape index (κ3) is 5.35. The number of hydrogen-bond acceptors (Lipinski definition) is 3. The zero-order chi connectivity index (χ0) is 13.5. The largest absolute Gasteiger partial charge is 0.271 e. The monoisotopic (exact) mass is 298 g/mol. The second kappa shape index (κ2) is 8.15. The minimum absolute atomic E-state index is 0.395. The average molecular weight is 299 g/mol. The first-order chi connectivity index (χ1) is 9.28. The third-order valence-corrected chi connectivity index (χ3v) is 5.22. The summed E-state index contributed by atoms with van der Waals surface area (Å²) in [6.07, 6.45) is 8.14. The molecule has 1 aromatic carbocycles. The molecule has 1 aliphatic carbocycles. The lowest BCUT2D eigenvalue weighted by Gasteiger charge is -2.26. The van der Waals surface area contributed by atoms with Crippen LogP contribution >= 0.6 is 23.4 Å². The molecule has 1 aromatic rings. The van der Waals surface area contributed by atoms with E-state index in [4.69, 9.17) is 17.4 Å². The lowest BCUT2D eigenvalue weighted by atomic mass is 9.85. The SMILES string of the molecule is NNC(CSc1cccc(Cl)c1)CC1CCCCC1. The van der Waals surface area contributed by atoms with Crippen LogP contribution in [0, 0.1) is 5.92 Å². The quantitative estimate of drug-likeness (QED) is 0.469. The zero-order valence-electron chi connectivity index (χ0n) is 11.3. The number of nitrogens with one attached hydrogen (secondary N) is 1. The molecule has 0 heterocycles. The summed E-state index contributed by atoms with van der Waals surface area (Å²) in [5, 5.41) is 0.800. The fourth-order valence-electron chi connectivity index (χ4n) is 2.76. The van der Waals surface area contributed by atoms with Gasteiger partial charge in [-0.3, -0.25) is 11.3 Å². The highest BCUT2D eigenvalue weighted by molar-refractivity contribution is 7.99. The maximum Gasteiger partial charge on any atom is 0.0417 e. The van der Waals surface area contributed by atoms with Gasteiger partial charge < -0.3 is 0 Å². The number of rotatable bonds is 6. The van der Waals surface area contributed by atoms with Crippen molar-refractivity contribution in [1.29, 1.82) is 0 Å². The number of hydrogen-bond donors (Lipinski definition) is 2. The smallest absolute Gasteiger partial charge is 0.0417 e. The predicted octanol–water partition coefficient (Wildman–Crippen LogP) is 4.23. The van der Waals surface area contributed by atoms with Crippen molar-refractivity contribution in [2.75, 3.05) is 5.75 Å². The molecule has 0 aromatic heterocycles. The molecular formula is C15H23ClN2S. The molecule has 0 radical (unpaired) electrons. The van der Waals surface area contributed by atoms with Crippen LogP contribution in [0.4, 0.5) is 0 Å². The van der Waals surface area contributed by atoms with E-state index in [9.17, 15) is 0 Å². The fourth-order valence-corrected chi connectivity index (χ4v) is 4.03. The van der Waals surface area contributed by atoms with Gasteiger partial charge in [-0.05, 0) is 30.5 Å². The summed E-state index contributed by atoms with van der Waals surface area (Å²) in [6, 6.07) is 8.42. The molecular weight excluding hydrogens is 276 g/mol. The number of benzene rings is 1. The molecule has 19 heavy (non-hydrogen) atoms. The van der Waals surface area contributed by atoms with E-state index >= 15 is 0 Å². The summed E-state index contributed by atoms with van der Waals surface area (Å²) in [5.74, 6) is 7.56. The molecule has 0 spiro atoms. The molecule has 2 rings (SSSR count). The van der Waals surface area contributed by atoms with E-state index in [1.807, 2.05) is 30.0 Å². The van der Waals surface area contributed by atoms with Crippen molar-refractivity contribution in [3.05, 3.63) is 29.3 Å². The van der Waals surface area contributed by atoms with Gasteiger partial charge in [-0.25, -0.2) is 0 Å². The Hall–Kier alpha value is -0.220. The maximum absolute atomic E-state index is 6.00. The Bertz CT molecular complexity index is 380. The van der Waals surface area contributed by atoms with E-state index < -0.39 is 0 Å². The van der Waals surface area contributed by atoms with Gasteiger partial charge in [0.15, 0.2) is 0 Å². The van der Waals surface area contributed by atoms with Crippen LogP contribution in [0.5, 0.6) is 0 Å². The van der Waals surface area contributed by atoms with Gasteiger partial charge in [0.05, 0.1) is 0 Å². The van der Waals surface area contributed by atoms with Gasteiger partial charge in [0, 0.05) is 21.7 Å². The van der Waals surface area contributed by atoms with Crippen LogP contribution in [-0.4, -0.2) is 11.8 Å². The summed E-state index contributed by atoms with van der Waals surface area (Å²) in [4.78, 5) is 1.22. The van der Waals surface area contributed by atoms with E-state index in [1.165, 1.54) is 43.4 Å². The van der Waals surface area contributed by atoms with Gasteiger partial charge >= 0.3 is 0 Å². The third-order valence-electron chi connectivity index (χ3n) is 3.83. The zero-order valence-corrected chi connectivity index (χ0v) is 12.8. The van der Waals surface area contributed by atoms with Crippen LogP contribution < -0.4 is 11.3 Å². The second-order valence-corrected chi connectivity index (χ2v) is 6.90. The normalized spacial score (nSPS) is 18.4. The van der Waals surface area contributed by atoms with Crippen molar-refractivity contribution in [3.8, 4) is 0 Å². The molecule has 0 saturated heterocycles. The molecule has 3 N–H and O–H groups in total. The molecule has 0 bridgehead atoms. The average Bonchev–Trinajstić information content (AvgIpc) is 2.44. The van der Waals surface area contributed by atoms with Crippen molar-refractivity contribution in [2.45, 2.75) is 49.5 Å². The minimum Gasteiger partial charge on any atom is -0.271 e. The summed E-state index contributed by atoms with van der Waals surface area (Å²) in [6.45, 7) is 0. The molecule has 0 amide bonds. The van der Waals surface area contributed by atoms with Gasteiger partial charge in [0.25, 0.3) is 0 Å². The molecule has 106 valence electrons. The lowest BCUT2D eigenvalue weighted by Crippen LogP contribution is -2.38. The Morgan fingerprint density at radius 2 is 2.11 bits per heavy atom. The van der Waals surface area contributed by atoms with Crippen LogP contribution in [0.3, 0.4) is 0 Å². The van der Waals surface area contributed by atoms with Crippen molar-refractivity contribution >= 4 is 23.4 Å². The first-order valence-electron chi connectivity index (χ1n) is 7.12. The van der Waals surface area contributed by atoms with E-state index in [-0.39, 0.29) is 0 Å². The first-order valence-corrected chi connectivity index (χ1v) is 8.49. The Morgan fingerprint density at radius 3 is 2.79 bits per heavy atom. The fraction of sp³-hybridized carbons (Fsp3) is 0.600. The van der Waals surface area contributed by atoms with Crippen molar-refractivity contribution in [2.24, 2.45) is 11.8 Å². The van der Waals surface area contributed by atoms with Crippen molar-refractivity contribution < 1.29 is 0 Å². The van der Waals surface area contributed by atoms with Gasteiger partial charge in [0.2, 0.25) is 0 Å². The molecule has 0 aliphatic heterocycles. The molecule has 2 nitrogen and oxygen atoms in total. The van der Waals surface area contributed by atoms with Crippen molar-refractivity contribution in [3.63, 3.8) is 0 Å². The van der Waals surface area contributed by atoms with Gasteiger partial charge in [-0.1, -0.05) is 49.8 Å². The highest BCUT2D eigenvalue weighted by Crippen LogP contribution is 2.29. The first kappa shape index (κ1) is 15.2. The highest BCUT2D eigenvalue weighted by Gasteiger charge is 2.18. The summed E-state index contributed by atoms with van der Waals surface area (Å²) in [7, 11) is 0. The van der Waals surface area contributed by atoms with Gasteiger partial charge in [-0.15, -0.1) is 11.8 Å². The highest BCUT2D eigenvalue weighted by atomic mass is 35.5. The molecule has 1 saturated carbocycles. The minimum atomic E-state index is 0.395. The molecule has 1 aliphatic rings. The Balaban J connectivity index is 1.78. The summed E-state index contributed by atoms with van der Waals surface area (Å²) < 4.78 is 0. The molecule has 1 fully saturated rings. The van der Waals surface area contributed by atoms with Crippen LogP contribution in [0.1, 0.15) is 38.5 Å². The topological polar surface area (TPSA) is 38.0 Å². The summed E-state index contributed by atoms with van der Waals surface area (Å²) >= 11 is 7.82. The van der Waals surface area contributed by atoms with E-state index in [1.54, 1.807) is 0 Å². The van der Waals surface area contributed by atoms with E-state index in [0.717, 1.165) is 16.7 Å². The van der Waals surface area contributed by atoms with Crippen LogP contribution in [0.15, 0.2) is 29.2 Å². The molecule has 4 heteroatoms. The van der Waals surface area contributed by atoms with Gasteiger partial charge in [-0.2, -0.15) is 0 Å². The number of nitrogens with two attached hydrogens (primary N) is 1. The standard InChI is InChI=1S/C15H23ClN2S/c16-13-7-4-8-15(10-13)19-11-14(18-17)9-12-5-2-1-3-6-12/h4,7-8,10,12,14,18H,1-3,5-6,9,11,17H2. The lowest BCUT2D eigenvalue weighted by molar-refractivity contribution is 0.308. The van der Waals surface area contributed by atoms with E-state index in [2.05, 4.69) is 11.5 Å². The predicted molar refractivity (Wildman–Crippen MR) is 84.5 cm³/mol. The Morgan fingerprint density at radius 1 is 1.32 bits per heavy atom. The molecule has 1 unspecified atom stereocenters. The Kier molecular flexibility index (Phi) is 6.51.